The average Bonchev–Trinajstić information content (AvgIpc) is 3.12. The van der Waals surface area contributed by atoms with Crippen molar-refractivity contribution in [2.24, 2.45) is 0 Å². The van der Waals surface area contributed by atoms with Crippen molar-refractivity contribution in [2.45, 2.75) is 31.2 Å². The van der Waals surface area contributed by atoms with Gasteiger partial charge >= 0.3 is 5.97 Å². The zero-order chi connectivity index (χ0) is 19.4. The number of carbonyl (C=O) groups excluding carboxylic acids is 1. The zero-order valence-corrected chi connectivity index (χ0v) is 15.5. The lowest BCUT2D eigenvalue weighted by Crippen LogP contribution is -2.45. The van der Waals surface area contributed by atoms with Crippen LogP contribution in [0.1, 0.15) is 34.8 Å². The Morgan fingerprint density at radius 1 is 0.964 bits per heavy atom. The fraction of sp³-hybridized carbons (Fsp3) is 0.208. The Balaban J connectivity index is 1.60. The number of carbonyl (C=O) groups is 1. The van der Waals surface area contributed by atoms with E-state index in [4.69, 9.17) is 4.74 Å². The Labute approximate surface area is 164 Å². The molecular weight excluding hydrogens is 350 g/mol. The minimum atomic E-state index is -1.32. The Morgan fingerprint density at radius 3 is 2.36 bits per heavy atom. The van der Waals surface area contributed by atoms with Crippen LogP contribution in [0, 0.1) is 0 Å². The molecule has 2 N–H and O–H groups in total. The number of ether oxygens (including phenoxy) is 1. The molecule has 0 saturated carbocycles. The third kappa shape index (κ3) is 3.70. The van der Waals surface area contributed by atoms with E-state index in [-0.39, 0.29) is 0 Å². The number of aliphatic hydroxyl groups excluding tert-OH is 1. The Morgan fingerprint density at radius 2 is 1.61 bits per heavy atom. The summed E-state index contributed by atoms with van der Waals surface area (Å²) in [4.78, 5) is 12.8. The van der Waals surface area contributed by atoms with E-state index >= 15 is 0 Å². The first kappa shape index (κ1) is 18.4. The van der Waals surface area contributed by atoms with Crippen molar-refractivity contribution >= 4 is 5.97 Å². The summed E-state index contributed by atoms with van der Waals surface area (Å²) in [5.74, 6) is -0.650. The highest BCUT2D eigenvalue weighted by molar-refractivity contribution is 5.77. The summed E-state index contributed by atoms with van der Waals surface area (Å²) < 4.78 is 5.96. The fourth-order valence-electron chi connectivity index (χ4n) is 3.74. The quantitative estimate of drug-likeness (QED) is 0.509. The maximum absolute atomic E-state index is 12.8. The van der Waals surface area contributed by atoms with E-state index in [0.717, 1.165) is 23.1 Å². The van der Waals surface area contributed by atoms with Crippen LogP contribution in [-0.4, -0.2) is 11.1 Å². The molecule has 0 aromatic heterocycles. The fourth-order valence-corrected chi connectivity index (χ4v) is 3.74. The summed E-state index contributed by atoms with van der Waals surface area (Å²) in [5, 5.41) is 13.9. The van der Waals surface area contributed by atoms with Gasteiger partial charge in [-0.15, -0.1) is 0 Å². The molecule has 4 nitrogen and oxygen atoms in total. The van der Waals surface area contributed by atoms with E-state index in [9.17, 15) is 9.90 Å². The third-order valence-electron chi connectivity index (χ3n) is 5.23. The summed E-state index contributed by atoms with van der Waals surface area (Å²) in [6.07, 6.45) is 0.128. The van der Waals surface area contributed by atoms with Gasteiger partial charge in [0.15, 0.2) is 11.8 Å². The predicted molar refractivity (Wildman–Crippen MR) is 107 cm³/mol. The zero-order valence-electron chi connectivity index (χ0n) is 15.5. The molecule has 1 aliphatic carbocycles. The van der Waals surface area contributed by atoms with Crippen molar-refractivity contribution in [3.05, 3.63) is 107 Å². The molecule has 2 atom stereocenters. The van der Waals surface area contributed by atoms with Crippen LogP contribution < -0.4 is 5.32 Å². The largest absolute Gasteiger partial charge is 0.437 e. The number of rotatable bonds is 6. The first-order valence-electron chi connectivity index (χ1n) is 9.51. The van der Waals surface area contributed by atoms with Crippen molar-refractivity contribution in [3.8, 4) is 0 Å². The van der Waals surface area contributed by atoms with Crippen LogP contribution in [0.2, 0.25) is 0 Å². The lowest BCUT2D eigenvalue weighted by molar-refractivity contribution is -0.176. The lowest BCUT2D eigenvalue weighted by Gasteiger charge is -2.32. The highest BCUT2D eigenvalue weighted by atomic mass is 16.6. The molecule has 1 aliphatic rings. The number of hydrogen-bond acceptors (Lipinski definition) is 4. The molecule has 0 bridgehead atoms. The van der Waals surface area contributed by atoms with Crippen LogP contribution in [0.5, 0.6) is 0 Å². The molecule has 3 aromatic carbocycles. The van der Waals surface area contributed by atoms with Crippen molar-refractivity contribution in [2.75, 3.05) is 0 Å². The molecule has 0 radical (unpaired) electrons. The SMILES string of the molecule is O=C(OC1(NCc2ccccc2)CCc2ccccc21)[C@@H](O)c1ccccc1. The standard InChI is InChI=1S/C24H23NO3/c26-22(20-12-5-2-6-13-20)23(27)28-24(25-17-18-9-3-1-4-10-18)16-15-19-11-7-8-14-21(19)24/h1-14,22,25-26H,15-17H2/t22-,24?/m0/s1. The Bertz CT molecular complexity index is 942. The second-order valence-corrected chi connectivity index (χ2v) is 7.06. The molecule has 3 aromatic rings. The van der Waals surface area contributed by atoms with Gasteiger partial charge in [0.1, 0.15) is 0 Å². The summed E-state index contributed by atoms with van der Waals surface area (Å²) >= 11 is 0. The van der Waals surface area contributed by atoms with Gasteiger partial charge in [-0.3, -0.25) is 5.32 Å². The van der Waals surface area contributed by atoms with E-state index in [1.807, 2.05) is 54.6 Å². The van der Waals surface area contributed by atoms with Crippen LogP contribution in [0.15, 0.2) is 84.9 Å². The molecule has 0 fully saturated rings. The highest BCUT2D eigenvalue weighted by Crippen LogP contribution is 2.39. The van der Waals surface area contributed by atoms with E-state index in [0.29, 0.717) is 18.5 Å². The van der Waals surface area contributed by atoms with Crippen molar-refractivity contribution < 1.29 is 14.6 Å². The molecule has 0 amide bonds. The van der Waals surface area contributed by atoms with Crippen LogP contribution in [0.25, 0.3) is 0 Å². The van der Waals surface area contributed by atoms with Gasteiger partial charge in [0.25, 0.3) is 0 Å². The summed E-state index contributed by atoms with van der Waals surface area (Å²) in [7, 11) is 0. The van der Waals surface area contributed by atoms with Crippen LogP contribution in [0.3, 0.4) is 0 Å². The molecule has 0 spiro atoms. The first-order chi connectivity index (χ1) is 13.7. The van der Waals surface area contributed by atoms with Gasteiger partial charge < -0.3 is 9.84 Å². The van der Waals surface area contributed by atoms with Crippen LogP contribution in [-0.2, 0) is 28.2 Å². The van der Waals surface area contributed by atoms with E-state index in [1.54, 1.807) is 24.3 Å². The minimum absolute atomic E-state index is 0.525. The molecule has 4 heteroatoms. The van der Waals surface area contributed by atoms with Crippen LogP contribution >= 0.6 is 0 Å². The van der Waals surface area contributed by atoms with Gasteiger partial charge in [-0.05, 0) is 23.1 Å². The lowest BCUT2D eigenvalue weighted by atomic mass is 10.0. The second-order valence-electron chi connectivity index (χ2n) is 7.06. The highest BCUT2D eigenvalue weighted by Gasteiger charge is 2.43. The maximum atomic E-state index is 12.8. The normalized spacial score (nSPS) is 19.0. The van der Waals surface area contributed by atoms with E-state index in [2.05, 4.69) is 11.4 Å². The van der Waals surface area contributed by atoms with Gasteiger partial charge in [0.2, 0.25) is 0 Å². The summed E-state index contributed by atoms with van der Waals surface area (Å²) in [5.41, 5.74) is 2.80. The number of esters is 1. The predicted octanol–water partition coefficient (Wildman–Crippen LogP) is 3.85. The molecule has 0 saturated heterocycles. The van der Waals surface area contributed by atoms with Gasteiger partial charge in [-0.2, -0.15) is 0 Å². The van der Waals surface area contributed by atoms with Gasteiger partial charge in [0.05, 0.1) is 0 Å². The molecule has 0 aliphatic heterocycles. The van der Waals surface area contributed by atoms with Gasteiger partial charge in [0, 0.05) is 18.5 Å². The monoisotopic (exact) mass is 373 g/mol. The van der Waals surface area contributed by atoms with Crippen molar-refractivity contribution in [1.29, 1.82) is 0 Å². The van der Waals surface area contributed by atoms with Gasteiger partial charge in [-0.25, -0.2) is 4.79 Å². The number of fused-ring (bicyclic) bond motifs is 1. The van der Waals surface area contributed by atoms with Crippen molar-refractivity contribution in [3.63, 3.8) is 0 Å². The summed E-state index contributed by atoms with van der Waals surface area (Å²) in [6, 6.07) is 26.9. The van der Waals surface area contributed by atoms with Crippen molar-refractivity contribution in [1.82, 2.24) is 5.32 Å². The van der Waals surface area contributed by atoms with E-state index < -0.39 is 17.8 Å². The third-order valence-corrected chi connectivity index (χ3v) is 5.23. The minimum Gasteiger partial charge on any atom is -0.437 e. The maximum Gasteiger partial charge on any atom is 0.341 e. The first-order valence-corrected chi connectivity index (χ1v) is 9.51. The molecule has 1 unspecified atom stereocenters. The number of nitrogens with one attached hydrogen (secondary N) is 1. The second kappa shape index (κ2) is 7.97. The number of aryl methyl sites for hydroxylation is 1. The smallest absolute Gasteiger partial charge is 0.341 e. The summed E-state index contributed by atoms with van der Waals surface area (Å²) in [6.45, 7) is 0.559. The van der Waals surface area contributed by atoms with Crippen LogP contribution in [0.4, 0.5) is 0 Å². The van der Waals surface area contributed by atoms with Gasteiger partial charge in [-0.1, -0.05) is 84.9 Å². The molecular formula is C24H23NO3. The number of aliphatic hydroxyl groups is 1. The van der Waals surface area contributed by atoms with E-state index in [1.165, 1.54) is 0 Å². The molecule has 28 heavy (non-hydrogen) atoms. The molecule has 0 heterocycles. The molecule has 142 valence electrons. The number of benzene rings is 3. The molecule has 4 rings (SSSR count). The Kier molecular flexibility index (Phi) is 5.24. The average molecular weight is 373 g/mol. The topological polar surface area (TPSA) is 58.6 Å². The number of hydrogen-bond donors (Lipinski definition) is 2. The Hall–Kier alpha value is -2.95.